The first-order valence-electron chi connectivity index (χ1n) is 4.85. The molecule has 0 spiro atoms. The molecule has 0 saturated carbocycles. The van der Waals surface area contributed by atoms with Gasteiger partial charge in [-0.25, -0.2) is 0 Å². The normalized spacial score (nSPS) is 10.1. The summed E-state index contributed by atoms with van der Waals surface area (Å²) < 4.78 is 0. The van der Waals surface area contributed by atoms with E-state index >= 15 is 0 Å². The molecule has 2 aromatic carbocycles. The predicted octanol–water partition coefficient (Wildman–Crippen LogP) is 2.67. The molecule has 17 heavy (non-hydrogen) atoms. The van der Waals surface area contributed by atoms with Crippen molar-refractivity contribution in [2.75, 3.05) is 0 Å². The molecule has 0 saturated heterocycles. The molecule has 86 valence electrons. The Kier molecular flexibility index (Phi) is 2.66. The molecule has 0 aromatic heterocycles. The SMILES string of the molecule is O=[N+]([O-])c1cc(-c2ccccc2)cc(O)c1O. The van der Waals surface area contributed by atoms with Crippen LogP contribution in [0.15, 0.2) is 42.5 Å². The number of benzene rings is 2. The van der Waals surface area contributed by atoms with Crippen LogP contribution in [0.3, 0.4) is 0 Å². The van der Waals surface area contributed by atoms with E-state index in [2.05, 4.69) is 0 Å². The summed E-state index contributed by atoms with van der Waals surface area (Å²) >= 11 is 0. The minimum absolute atomic E-state index is 0.479. The van der Waals surface area contributed by atoms with E-state index in [4.69, 9.17) is 0 Å². The topological polar surface area (TPSA) is 83.6 Å². The molecule has 0 aliphatic heterocycles. The van der Waals surface area contributed by atoms with Crippen LogP contribution < -0.4 is 0 Å². The third kappa shape index (κ3) is 2.03. The second-order valence-electron chi connectivity index (χ2n) is 3.49. The van der Waals surface area contributed by atoms with Gasteiger partial charge in [-0.3, -0.25) is 10.1 Å². The van der Waals surface area contributed by atoms with Crippen molar-refractivity contribution in [2.24, 2.45) is 0 Å². The molecular formula is C12H9NO4. The number of phenolic OH excluding ortho intramolecular Hbond substituents is 2. The van der Waals surface area contributed by atoms with E-state index in [0.29, 0.717) is 5.56 Å². The average molecular weight is 231 g/mol. The summed E-state index contributed by atoms with van der Waals surface area (Å²) in [6.07, 6.45) is 0. The number of hydrogen-bond donors (Lipinski definition) is 2. The number of aromatic hydroxyl groups is 2. The molecule has 0 amide bonds. The predicted molar refractivity (Wildman–Crippen MR) is 61.9 cm³/mol. The van der Waals surface area contributed by atoms with Crippen LogP contribution in [0.25, 0.3) is 11.1 Å². The van der Waals surface area contributed by atoms with Gasteiger partial charge in [0.15, 0.2) is 5.75 Å². The fourth-order valence-corrected chi connectivity index (χ4v) is 1.54. The minimum Gasteiger partial charge on any atom is -0.504 e. The highest BCUT2D eigenvalue weighted by Gasteiger charge is 2.19. The highest BCUT2D eigenvalue weighted by atomic mass is 16.6. The fraction of sp³-hybridized carbons (Fsp3) is 0. The van der Waals surface area contributed by atoms with Gasteiger partial charge in [-0.15, -0.1) is 0 Å². The van der Waals surface area contributed by atoms with Gasteiger partial charge in [-0.05, 0) is 17.2 Å². The lowest BCUT2D eigenvalue weighted by Gasteiger charge is -2.04. The van der Waals surface area contributed by atoms with Gasteiger partial charge in [-0.1, -0.05) is 30.3 Å². The number of nitro groups is 1. The smallest absolute Gasteiger partial charge is 0.315 e. The van der Waals surface area contributed by atoms with Crippen molar-refractivity contribution >= 4 is 5.69 Å². The Balaban J connectivity index is 2.61. The van der Waals surface area contributed by atoms with E-state index in [1.165, 1.54) is 12.1 Å². The Morgan fingerprint density at radius 2 is 1.65 bits per heavy atom. The molecule has 0 bridgehead atoms. The van der Waals surface area contributed by atoms with Gasteiger partial charge in [0, 0.05) is 6.07 Å². The zero-order valence-corrected chi connectivity index (χ0v) is 8.70. The number of nitrogens with zero attached hydrogens (tertiary/aromatic N) is 1. The molecule has 0 fully saturated rings. The van der Waals surface area contributed by atoms with Crippen molar-refractivity contribution < 1.29 is 15.1 Å². The maximum atomic E-state index is 10.7. The second kappa shape index (κ2) is 4.13. The Morgan fingerprint density at radius 3 is 2.24 bits per heavy atom. The maximum absolute atomic E-state index is 10.7. The molecule has 0 aliphatic carbocycles. The van der Waals surface area contributed by atoms with Crippen molar-refractivity contribution in [3.05, 3.63) is 52.6 Å². The summed E-state index contributed by atoms with van der Waals surface area (Å²) in [6, 6.07) is 11.4. The number of nitro benzene ring substituents is 1. The highest BCUT2D eigenvalue weighted by molar-refractivity contribution is 5.72. The van der Waals surface area contributed by atoms with Crippen LogP contribution in [0.2, 0.25) is 0 Å². The van der Waals surface area contributed by atoms with Gasteiger partial charge < -0.3 is 10.2 Å². The standard InChI is InChI=1S/C12H9NO4/c14-11-7-9(8-4-2-1-3-5-8)6-10(12(11)15)13(16)17/h1-7,14-15H. The molecule has 5 nitrogen and oxygen atoms in total. The quantitative estimate of drug-likeness (QED) is 0.472. The Bertz CT molecular complexity index is 566. The van der Waals surface area contributed by atoms with Crippen molar-refractivity contribution in [3.63, 3.8) is 0 Å². The van der Waals surface area contributed by atoms with Gasteiger partial charge in [0.2, 0.25) is 5.75 Å². The lowest BCUT2D eigenvalue weighted by molar-refractivity contribution is -0.385. The molecule has 0 aliphatic rings. The number of rotatable bonds is 2. The van der Waals surface area contributed by atoms with Crippen molar-refractivity contribution in [2.45, 2.75) is 0 Å². The Morgan fingerprint density at radius 1 is 1.00 bits per heavy atom. The van der Waals surface area contributed by atoms with E-state index in [1.807, 2.05) is 6.07 Å². The fourth-order valence-electron chi connectivity index (χ4n) is 1.54. The van der Waals surface area contributed by atoms with Gasteiger partial charge in [0.05, 0.1) is 4.92 Å². The van der Waals surface area contributed by atoms with Crippen LogP contribution in [0, 0.1) is 10.1 Å². The first kappa shape index (κ1) is 10.9. The zero-order valence-electron chi connectivity index (χ0n) is 8.70. The van der Waals surface area contributed by atoms with E-state index < -0.39 is 22.1 Å². The van der Waals surface area contributed by atoms with Crippen LogP contribution in [-0.4, -0.2) is 15.1 Å². The van der Waals surface area contributed by atoms with E-state index in [0.717, 1.165) is 5.56 Å². The Hall–Kier alpha value is -2.56. The molecule has 0 heterocycles. The van der Waals surface area contributed by atoms with Gasteiger partial charge in [0.1, 0.15) is 0 Å². The largest absolute Gasteiger partial charge is 0.504 e. The van der Waals surface area contributed by atoms with Crippen LogP contribution in [0.4, 0.5) is 5.69 Å². The van der Waals surface area contributed by atoms with Gasteiger partial charge in [-0.2, -0.15) is 0 Å². The summed E-state index contributed by atoms with van der Waals surface area (Å²) in [5.74, 6) is -1.22. The van der Waals surface area contributed by atoms with Crippen LogP contribution >= 0.6 is 0 Å². The molecule has 2 aromatic rings. The first-order chi connectivity index (χ1) is 8.09. The van der Waals surface area contributed by atoms with E-state index in [1.54, 1.807) is 24.3 Å². The summed E-state index contributed by atoms with van der Waals surface area (Å²) in [6.45, 7) is 0. The molecule has 0 unspecified atom stereocenters. The second-order valence-corrected chi connectivity index (χ2v) is 3.49. The molecule has 5 heteroatoms. The summed E-state index contributed by atoms with van der Waals surface area (Å²) in [4.78, 5) is 9.96. The van der Waals surface area contributed by atoms with Gasteiger partial charge in [0.25, 0.3) is 0 Å². The summed E-state index contributed by atoms with van der Waals surface area (Å²) in [5, 5.41) is 29.5. The molecular weight excluding hydrogens is 222 g/mol. The van der Waals surface area contributed by atoms with Crippen molar-refractivity contribution in [3.8, 4) is 22.6 Å². The molecule has 0 radical (unpaired) electrons. The number of phenols is 2. The van der Waals surface area contributed by atoms with Crippen molar-refractivity contribution in [1.29, 1.82) is 0 Å². The lowest BCUT2D eigenvalue weighted by Crippen LogP contribution is -1.90. The number of hydrogen-bond acceptors (Lipinski definition) is 4. The first-order valence-corrected chi connectivity index (χ1v) is 4.85. The molecule has 2 N–H and O–H groups in total. The molecule has 2 rings (SSSR count). The summed E-state index contributed by atoms with van der Waals surface area (Å²) in [7, 11) is 0. The minimum atomic E-state index is -0.735. The Labute approximate surface area is 96.7 Å². The molecule has 0 atom stereocenters. The summed E-state index contributed by atoms with van der Waals surface area (Å²) in [5.41, 5.74) is 0.697. The average Bonchev–Trinajstić information content (AvgIpc) is 2.33. The van der Waals surface area contributed by atoms with Crippen LogP contribution in [0.1, 0.15) is 0 Å². The zero-order chi connectivity index (χ0) is 12.4. The van der Waals surface area contributed by atoms with E-state index in [-0.39, 0.29) is 0 Å². The van der Waals surface area contributed by atoms with Crippen LogP contribution in [-0.2, 0) is 0 Å². The van der Waals surface area contributed by atoms with Gasteiger partial charge >= 0.3 is 5.69 Å². The highest BCUT2D eigenvalue weighted by Crippen LogP contribution is 2.39. The van der Waals surface area contributed by atoms with E-state index in [9.17, 15) is 20.3 Å². The maximum Gasteiger partial charge on any atom is 0.315 e. The monoisotopic (exact) mass is 231 g/mol. The van der Waals surface area contributed by atoms with Crippen molar-refractivity contribution in [1.82, 2.24) is 0 Å². The lowest BCUT2D eigenvalue weighted by atomic mass is 10.0. The van der Waals surface area contributed by atoms with Crippen LogP contribution in [0.5, 0.6) is 11.5 Å². The third-order valence-electron chi connectivity index (χ3n) is 2.37. The third-order valence-corrected chi connectivity index (χ3v) is 2.37.